The molecule has 1 heterocycles. The van der Waals surface area contributed by atoms with Crippen molar-refractivity contribution in [1.29, 1.82) is 0 Å². The molecule has 114 valence electrons. The molecule has 0 aliphatic rings. The lowest BCUT2D eigenvalue weighted by Crippen LogP contribution is -2.38. The summed E-state index contributed by atoms with van der Waals surface area (Å²) in [5.41, 5.74) is 2.91. The molecule has 0 unspecified atom stereocenters. The van der Waals surface area contributed by atoms with Gasteiger partial charge in [0.1, 0.15) is 5.15 Å². The Labute approximate surface area is 130 Å². The minimum absolute atomic E-state index is 0.154. The Balaban J connectivity index is 2.51. The zero-order valence-corrected chi connectivity index (χ0v) is 13.4. The molecule has 0 spiro atoms. The van der Waals surface area contributed by atoms with E-state index in [1.54, 1.807) is 11.7 Å². The third kappa shape index (κ3) is 2.84. The van der Waals surface area contributed by atoms with E-state index in [-0.39, 0.29) is 13.2 Å². The lowest BCUT2D eigenvalue weighted by Gasteiger charge is -2.32. The lowest BCUT2D eigenvalue weighted by atomic mass is 9.75. The van der Waals surface area contributed by atoms with Crippen LogP contribution in [0.3, 0.4) is 0 Å². The summed E-state index contributed by atoms with van der Waals surface area (Å²) < 4.78 is 1.61. The third-order valence-electron chi connectivity index (χ3n) is 4.11. The maximum atomic E-state index is 9.97. The molecule has 0 saturated carbocycles. The van der Waals surface area contributed by atoms with Gasteiger partial charge in [0, 0.05) is 18.0 Å². The number of nitrogens with zero attached hydrogens (tertiary/aromatic N) is 2. The SMILES string of the molecule is Cc1ccccc1C(CO)(CO)Cc1c(C)nn(C)c1Cl. The fraction of sp³-hybridized carbons (Fsp3) is 0.438. The lowest BCUT2D eigenvalue weighted by molar-refractivity contribution is 0.115. The number of aromatic nitrogens is 2. The van der Waals surface area contributed by atoms with E-state index < -0.39 is 5.41 Å². The molecule has 4 nitrogen and oxygen atoms in total. The van der Waals surface area contributed by atoms with Crippen molar-refractivity contribution in [2.24, 2.45) is 7.05 Å². The van der Waals surface area contributed by atoms with Crippen molar-refractivity contribution in [2.75, 3.05) is 13.2 Å². The highest BCUT2D eigenvalue weighted by atomic mass is 35.5. The van der Waals surface area contributed by atoms with E-state index in [2.05, 4.69) is 5.10 Å². The van der Waals surface area contributed by atoms with Crippen molar-refractivity contribution >= 4 is 11.6 Å². The number of hydrogen-bond donors (Lipinski definition) is 2. The van der Waals surface area contributed by atoms with Crippen LogP contribution >= 0.6 is 11.6 Å². The van der Waals surface area contributed by atoms with Crippen LogP contribution in [0.5, 0.6) is 0 Å². The minimum Gasteiger partial charge on any atom is -0.395 e. The van der Waals surface area contributed by atoms with Crippen molar-refractivity contribution in [1.82, 2.24) is 9.78 Å². The fourth-order valence-electron chi connectivity index (χ4n) is 2.81. The Kier molecular flexibility index (Phi) is 4.71. The van der Waals surface area contributed by atoms with Gasteiger partial charge in [-0.3, -0.25) is 4.68 Å². The average molecular weight is 309 g/mol. The first-order chi connectivity index (χ1) is 9.95. The molecule has 1 aromatic carbocycles. The molecule has 2 aromatic rings. The second kappa shape index (κ2) is 6.18. The van der Waals surface area contributed by atoms with Crippen LogP contribution in [0.1, 0.15) is 22.4 Å². The molecular weight excluding hydrogens is 288 g/mol. The molecule has 5 heteroatoms. The molecule has 0 bridgehead atoms. The summed E-state index contributed by atoms with van der Waals surface area (Å²) in [6.07, 6.45) is 0.448. The molecule has 0 radical (unpaired) electrons. The van der Waals surface area contributed by atoms with Gasteiger partial charge in [-0.05, 0) is 31.4 Å². The normalized spacial score (nSPS) is 11.9. The molecule has 21 heavy (non-hydrogen) atoms. The van der Waals surface area contributed by atoms with Crippen LogP contribution in [0.25, 0.3) is 0 Å². The molecule has 0 atom stereocenters. The molecule has 0 saturated heterocycles. The zero-order valence-electron chi connectivity index (χ0n) is 12.6. The van der Waals surface area contributed by atoms with Crippen molar-refractivity contribution in [3.05, 3.63) is 51.8 Å². The van der Waals surface area contributed by atoms with Gasteiger partial charge in [0.25, 0.3) is 0 Å². The van der Waals surface area contributed by atoms with Crippen molar-refractivity contribution < 1.29 is 10.2 Å². The van der Waals surface area contributed by atoms with Crippen LogP contribution in [0.2, 0.25) is 5.15 Å². The van der Waals surface area contributed by atoms with Crippen molar-refractivity contribution in [3.63, 3.8) is 0 Å². The summed E-state index contributed by atoms with van der Waals surface area (Å²) in [7, 11) is 1.78. The minimum atomic E-state index is -0.761. The van der Waals surface area contributed by atoms with Gasteiger partial charge in [-0.1, -0.05) is 35.9 Å². The van der Waals surface area contributed by atoms with E-state index >= 15 is 0 Å². The molecule has 0 aliphatic carbocycles. The monoisotopic (exact) mass is 308 g/mol. The van der Waals surface area contributed by atoms with Crippen LogP contribution in [0.4, 0.5) is 0 Å². The van der Waals surface area contributed by atoms with Gasteiger partial charge in [0.2, 0.25) is 0 Å². The zero-order chi connectivity index (χ0) is 15.6. The van der Waals surface area contributed by atoms with Gasteiger partial charge in [0.15, 0.2) is 0 Å². The average Bonchev–Trinajstić information content (AvgIpc) is 2.71. The Morgan fingerprint density at radius 1 is 1.19 bits per heavy atom. The standard InChI is InChI=1S/C16H21ClN2O2/c1-11-6-4-5-7-14(11)16(9-20,10-21)8-13-12(2)18-19(3)15(13)17/h4-7,20-21H,8-10H2,1-3H3. The van der Waals surface area contributed by atoms with Crippen molar-refractivity contribution in [3.8, 4) is 0 Å². The highest BCUT2D eigenvalue weighted by Crippen LogP contribution is 2.33. The van der Waals surface area contributed by atoms with E-state index in [1.165, 1.54) is 0 Å². The Bertz CT molecular complexity index is 633. The number of aliphatic hydroxyl groups excluding tert-OH is 2. The highest BCUT2D eigenvalue weighted by molar-refractivity contribution is 6.30. The van der Waals surface area contributed by atoms with Gasteiger partial charge in [0.05, 0.1) is 18.9 Å². The molecule has 1 aromatic heterocycles. The molecule has 2 N–H and O–H groups in total. The first-order valence-electron chi connectivity index (χ1n) is 6.91. The van der Waals surface area contributed by atoms with Crippen LogP contribution in [-0.2, 0) is 18.9 Å². The third-order valence-corrected chi connectivity index (χ3v) is 4.58. The summed E-state index contributed by atoms with van der Waals surface area (Å²) in [4.78, 5) is 0. The molecule has 0 amide bonds. The predicted molar refractivity (Wildman–Crippen MR) is 83.7 cm³/mol. The quantitative estimate of drug-likeness (QED) is 0.890. The van der Waals surface area contributed by atoms with Gasteiger partial charge in [-0.2, -0.15) is 5.10 Å². The van der Waals surface area contributed by atoms with E-state index in [9.17, 15) is 10.2 Å². The van der Waals surface area contributed by atoms with Gasteiger partial charge < -0.3 is 10.2 Å². The van der Waals surface area contributed by atoms with Crippen LogP contribution in [0.15, 0.2) is 24.3 Å². The van der Waals surface area contributed by atoms with E-state index in [0.717, 1.165) is 22.4 Å². The maximum absolute atomic E-state index is 9.97. The largest absolute Gasteiger partial charge is 0.395 e. The summed E-state index contributed by atoms with van der Waals surface area (Å²) >= 11 is 6.30. The topological polar surface area (TPSA) is 58.3 Å². The maximum Gasteiger partial charge on any atom is 0.130 e. The molecule has 0 fully saturated rings. The van der Waals surface area contributed by atoms with E-state index in [4.69, 9.17) is 11.6 Å². The number of hydrogen-bond acceptors (Lipinski definition) is 3. The number of rotatable bonds is 5. The highest BCUT2D eigenvalue weighted by Gasteiger charge is 2.34. The van der Waals surface area contributed by atoms with Crippen LogP contribution in [0, 0.1) is 13.8 Å². The summed E-state index contributed by atoms with van der Waals surface area (Å²) in [6.45, 7) is 3.56. The Morgan fingerprint density at radius 3 is 2.29 bits per heavy atom. The van der Waals surface area contributed by atoms with Gasteiger partial charge in [-0.15, -0.1) is 0 Å². The smallest absolute Gasteiger partial charge is 0.130 e. The van der Waals surface area contributed by atoms with E-state index in [0.29, 0.717) is 11.6 Å². The van der Waals surface area contributed by atoms with Crippen LogP contribution < -0.4 is 0 Å². The Hall–Kier alpha value is -1.36. The van der Waals surface area contributed by atoms with Crippen molar-refractivity contribution in [2.45, 2.75) is 25.7 Å². The van der Waals surface area contributed by atoms with Gasteiger partial charge >= 0.3 is 0 Å². The first kappa shape index (κ1) is 16.0. The number of benzene rings is 1. The first-order valence-corrected chi connectivity index (χ1v) is 7.29. The summed E-state index contributed by atoms with van der Waals surface area (Å²) in [5.74, 6) is 0. The van der Waals surface area contributed by atoms with Gasteiger partial charge in [-0.25, -0.2) is 0 Å². The number of halogens is 1. The number of aliphatic hydroxyl groups is 2. The van der Waals surface area contributed by atoms with E-state index in [1.807, 2.05) is 38.1 Å². The molecule has 2 rings (SSSR count). The summed E-state index contributed by atoms with van der Waals surface area (Å²) in [5, 5.41) is 24.8. The summed E-state index contributed by atoms with van der Waals surface area (Å²) in [6, 6.07) is 7.79. The second-order valence-corrected chi connectivity index (χ2v) is 5.92. The fourth-order valence-corrected chi connectivity index (χ4v) is 3.05. The molecular formula is C16H21ClN2O2. The predicted octanol–water partition coefficient (Wildman–Crippen LogP) is 2.16. The Morgan fingerprint density at radius 2 is 1.81 bits per heavy atom. The van der Waals surface area contributed by atoms with Crippen LogP contribution in [-0.4, -0.2) is 33.2 Å². The second-order valence-electron chi connectivity index (χ2n) is 5.57. The molecule has 0 aliphatic heterocycles. The number of aryl methyl sites for hydroxylation is 3.